The fraction of sp³-hybridized carbons (Fsp3) is 0.533. The number of hydrogen-bond donors (Lipinski definition) is 0. The van der Waals surface area contributed by atoms with Gasteiger partial charge in [0.1, 0.15) is 17.3 Å². The molecule has 1 fully saturated rings. The number of benzene rings is 1. The van der Waals surface area contributed by atoms with Gasteiger partial charge in [-0.2, -0.15) is 9.36 Å². The van der Waals surface area contributed by atoms with Gasteiger partial charge in [-0.25, -0.2) is 9.18 Å². The molecular formula is C15H19FN4O2. The van der Waals surface area contributed by atoms with E-state index in [4.69, 9.17) is 4.74 Å². The van der Waals surface area contributed by atoms with Crippen LogP contribution >= 0.6 is 0 Å². The molecule has 1 aliphatic rings. The van der Waals surface area contributed by atoms with Crippen molar-refractivity contribution in [2.75, 3.05) is 6.61 Å². The third-order valence-corrected chi connectivity index (χ3v) is 4.33. The van der Waals surface area contributed by atoms with Crippen molar-refractivity contribution >= 4 is 0 Å². The zero-order valence-electron chi connectivity index (χ0n) is 13.0. The number of ether oxygens (including phenoxy) is 1. The zero-order chi connectivity index (χ0) is 15.9. The van der Waals surface area contributed by atoms with E-state index in [1.165, 1.54) is 19.5 Å². The smallest absolute Gasteiger partial charge is 0.368 e. The van der Waals surface area contributed by atoms with Crippen molar-refractivity contribution in [3.8, 4) is 11.4 Å². The topological polar surface area (TPSA) is 61.9 Å². The number of tetrazole rings is 1. The maximum Gasteiger partial charge on any atom is 0.368 e. The Labute approximate surface area is 127 Å². The van der Waals surface area contributed by atoms with Gasteiger partial charge >= 0.3 is 5.69 Å². The number of rotatable bonds is 4. The van der Waals surface area contributed by atoms with E-state index in [9.17, 15) is 9.18 Å². The summed E-state index contributed by atoms with van der Waals surface area (Å²) in [7, 11) is 1.51. The normalized spacial score (nSPS) is 16.4. The van der Waals surface area contributed by atoms with Crippen LogP contribution in [0.3, 0.4) is 0 Å². The summed E-state index contributed by atoms with van der Waals surface area (Å²) in [6, 6.07) is 2.87. The molecule has 6 nitrogen and oxygen atoms in total. The highest BCUT2D eigenvalue weighted by Gasteiger charge is 2.33. The van der Waals surface area contributed by atoms with Crippen LogP contribution in [0.15, 0.2) is 16.9 Å². The minimum Gasteiger partial charge on any atom is -0.491 e. The molecule has 1 aliphatic carbocycles. The Balaban J connectivity index is 1.99. The molecule has 2 aromatic rings. The van der Waals surface area contributed by atoms with Crippen LogP contribution in [0.5, 0.6) is 5.75 Å². The summed E-state index contributed by atoms with van der Waals surface area (Å²) in [6.07, 6.45) is 3.39. The van der Waals surface area contributed by atoms with Gasteiger partial charge in [-0.05, 0) is 41.8 Å². The van der Waals surface area contributed by atoms with E-state index < -0.39 is 5.69 Å². The molecule has 118 valence electrons. The first-order chi connectivity index (χ1) is 10.4. The molecule has 0 radical (unpaired) electrons. The van der Waals surface area contributed by atoms with Crippen LogP contribution in [0, 0.1) is 18.2 Å². The highest BCUT2D eigenvalue weighted by molar-refractivity contribution is 5.48. The molecule has 1 aromatic heterocycles. The molecule has 22 heavy (non-hydrogen) atoms. The number of halogens is 1. The average molecular weight is 306 g/mol. The summed E-state index contributed by atoms with van der Waals surface area (Å²) in [5.74, 6) is -0.0479. The second kappa shape index (κ2) is 5.23. The van der Waals surface area contributed by atoms with E-state index in [1.54, 1.807) is 13.0 Å². The predicted molar refractivity (Wildman–Crippen MR) is 78.7 cm³/mol. The molecular weight excluding hydrogens is 287 g/mol. The van der Waals surface area contributed by atoms with E-state index in [0.29, 0.717) is 23.6 Å². The summed E-state index contributed by atoms with van der Waals surface area (Å²) < 4.78 is 22.0. The van der Waals surface area contributed by atoms with Crippen LogP contribution < -0.4 is 10.4 Å². The largest absolute Gasteiger partial charge is 0.491 e. The number of hydrogen-bond acceptors (Lipinski definition) is 4. The molecule has 0 unspecified atom stereocenters. The number of nitrogens with zero attached hydrogens (tertiary/aromatic N) is 4. The summed E-state index contributed by atoms with van der Waals surface area (Å²) in [6.45, 7) is 4.28. The fourth-order valence-electron chi connectivity index (χ4n) is 2.57. The molecule has 0 N–H and O–H groups in total. The monoisotopic (exact) mass is 306 g/mol. The first kappa shape index (κ1) is 14.7. The van der Waals surface area contributed by atoms with E-state index in [0.717, 1.165) is 22.2 Å². The minimum atomic E-state index is -0.397. The molecule has 1 heterocycles. The molecule has 0 bridgehead atoms. The maximum absolute atomic E-state index is 13.9. The third kappa shape index (κ3) is 2.51. The van der Waals surface area contributed by atoms with Crippen LogP contribution in [-0.2, 0) is 7.05 Å². The molecule has 0 spiro atoms. The molecule has 1 saturated carbocycles. The lowest BCUT2D eigenvalue weighted by Crippen LogP contribution is -2.32. The summed E-state index contributed by atoms with van der Waals surface area (Å²) in [5.41, 5.74) is 0.576. The fourth-order valence-corrected chi connectivity index (χ4v) is 2.57. The predicted octanol–water partition coefficient (Wildman–Crippen LogP) is 1.98. The Morgan fingerprint density at radius 3 is 2.64 bits per heavy atom. The van der Waals surface area contributed by atoms with E-state index in [2.05, 4.69) is 17.4 Å². The third-order valence-electron chi connectivity index (χ3n) is 4.33. The van der Waals surface area contributed by atoms with E-state index in [1.807, 2.05) is 0 Å². The lowest BCUT2D eigenvalue weighted by Gasteiger charge is -2.37. The van der Waals surface area contributed by atoms with Gasteiger partial charge in [-0.1, -0.05) is 13.3 Å². The Hall–Kier alpha value is -2.18. The van der Waals surface area contributed by atoms with Gasteiger partial charge in [0.15, 0.2) is 0 Å². The van der Waals surface area contributed by atoms with Crippen molar-refractivity contribution < 1.29 is 9.13 Å². The molecule has 1 aromatic carbocycles. The van der Waals surface area contributed by atoms with Crippen LogP contribution in [-0.4, -0.2) is 26.4 Å². The lowest BCUT2D eigenvalue weighted by molar-refractivity contribution is 0.0772. The Morgan fingerprint density at radius 1 is 1.36 bits per heavy atom. The Kier molecular flexibility index (Phi) is 3.50. The van der Waals surface area contributed by atoms with Crippen LogP contribution in [0.1, 0.15) is 31.7 Å². The zero-order valence-corrected chi connectivity index (χ0v) is 13.0. The summed E-state index contributed by atoms with van der Waals surface area (Å²) in [4.78, 5) is 12.0. The van der Waals surface area contributed by atoms with Gasteiger partial charge in [-0.15, -0.1) is 0 Å². The molecule has 0 amide bonds. The van der Waals surface area contributed by atoms with Crippen molar-refractivity contribution in [3.05, 3.63) is 34.0 Å². The first-order valence-corrected chi connectivity index (χ1v) is 7.32. The minimum absolute atomic E-state index is 0.131. The second-order valence-electron chi connectivity index (χ2n) is 6.32. The van der Waals surface area contributed by atoms with Crippen LogP contribution in [0.2, 0.25) is 0 Å². The SMILES string of the molecule is Cc1cc(-n2nnn(C)c2=O)c(OCC2(C)CCC2)cc1F. The van der Waals surface area contributed by atoms with Gasteiger partial charge < -0.3 is 4.74 Å². The Bertz CT molecular complexity index is 761. The first-order valence-electron chi connectivity index (χ1n) is 7.32. The standard InChI is InChI=1S/C15H19FN4O2/c1-10-7-12(20-14(21)19(3)17-18-20)13(8-11(10)16)22-9-15(2)5-4-6-15/h7-8H,4-6,9H2,1-3H3. The molecule has 0 atom stereocenters. The van der Waals surface area contributed by atoms with Crippen LogP contribution in [0.4, 0.5) is 4.39 Å². The van der Waals surface area contributed by atoms with Crippen molar-refractivity contribution in [1.82, 2.24) is 19.8 Å². The van der Waals surface area contributed by atoms with E-state index >= 15 is 0 Å². The van der Waals surface area contributed by atoms with Crippen molar-refractivity contribution in [2.24, 2.45) is 12.5 Å². The Morgan fingerprint density at radius 2 is 2.09 bits per heavy atom. The van der Waals surface area contributed by atoms with Gasteiger partial charge in [0, 0.05) is 18.5 Å². The maximum atomic E-state index is 13.9. The van der Waals surface area contributed by atoms with E-state index in [-0.39, 0.29) is 11.2 Å². The summed E-state index contributed by atoms with van der Waals surface area (Å²) in [5, 5.41) is 7.50. The average Bonchev–Trinajstić information content (AvgIpc) is 2.78. The highest BCUT2D eigenvalue weighted by atomic mass is 19.1. The van der Waals surface area contributed by atoms with Crippen molar-refractivity contribution in [3.63, 3.8) is 0 Å². The van der Waals surface area contributed by atoms with Gasteiger partial charge in [-0.3, -0.25) is 0 Å². The number of aromatic nitrogens is 4. The molecule has 0 aliphatic heterocycles. The van der Waals surface area contributed by atoms with Crippen molar-refractivity contribution in [1.29, 1.82) is 0 Å². The van der Waals surface area contributed by atoms with Gasteiger partial charge in [0.25, 0.3) is 0 Å². The van der Waals surface area contributed by atoms with Crippen molar-refractivity contribution in [2.45, 2.75) is 33.1 Å². The second-order valence-corrected chi connectivity index (χ2v) is 6.32. The molecule has 7 heteroatoms. The molecule has 3 rings (SSSR count). The molecule has 0 saturated heterocycles. The van der Waals surface area contributed by atoms with Gasteiger partial charge in [0.05, 0.1) is 6.61 Å². The quantitative estimate of drug-likeness (QED) is 0.866. The summed E-state index contributed by atoms with van der Waals surface area (Å²) >= 11 is 0. The lowest BCUT2D eigenvalue weighted by atomic mass is 9.71. The van der Waals surface area contributed by atoms with Crippen LogP contribution in [0.25, 0.3) is 5.69 Å². The van der Waals surface area contributed by atoms with Gasteiger partial charge in [0.2, 0.25) is 0 Å². The number of aryl methyl sites for hydroxylation is 2. The highest BCUT2D eigenvalue weighted by Crippen LogP contribution is 2.41.